The van der Waals surface area contributed by atoms with Crippen molar-refractivity contribution in [2.45, 2.75) is 32.6 Å². The molecule has 0 aromatic heterocycles. The Morgan fingerprint density at radius 2 is 1.41 bits per heavy atom. The Hall–Kier alpha value is -3.48. The topological polar surface area (TPSA) is 95.6 Å². The molecule has 29 heavy (non-hydrogen) atoms. The number of fused-ring (bicyclic) bond motifs is 1. The lowest BCUT2D eigenvalue weighted by molar-refractivity contribution is -0.121. The maximum Gasteiger partial charge on any atom is 0.269 e. The Bertz CT molecular complexity index is 939. The third kappa shape index (κ3) is 4.34. The summed E-state index contributed by atoms with van der Waals surface area (Å²) in [5, 5.41) is 0. The Kier molecular flexibility index (Phi) is 5.50. The summed E-state index contributed by atoms with van der Waals surface area (Å²) >= 11 is 0. The van der Waals surface area contributed by atoms with Gasteiger partial charge in [-0.15, -0.1) is 0 Å². The largest absolute Gasteiger partial charge is 0.274 e. The zero-order valence-corrected chi connectivity index (χ0v) is 16.6. The molecule has 0 saturated carbocycles. The van der Waals surface area contributed by atoms with E-state index in [-0.39, 0.29) is 18.4 Å². The number of benzene rings is 2. The molecular weight excluding hydrogens is 370 g/mol. The highest BCUT2D eigenvalue weighted by Gasteiger charge is 2.34. The molecule has 7 heteroatoms. The number of nitrogens with zero attached hydrogens (tertiary/aromatic N) is 1. The number of carbonyl (C=O) groups excluding carboxylic acids is 4. The van der Waals surface area contributed by atoms with E-state index < -0.39 is 23.6 Å². The molecular formula is C22H23N3O4. The smallest absolute Gasteiger partial charge is 0.269 e. The van der Waals surface area contributed by atoms with E-state index in [1.165, 1.54) is 0 Å². The third-order valence-corrected chi connectivity index (χ3v) is 4.77. The highest BCUT2D eigenvalue weighted by atomic mass is 16.2. The van der Waals surface area contributed by atoms with Gasteiger partial charge in [-0.05, 0) is 35.2 Å². The van der Waals surface area contributed by atoms with Crippen molar-refractivity contribution in [1.29, 1.82) is 0 Å². The number of hydrazine groups is 1. The molecule has 0 aliphatic carbocycles. The predicted octanol–water partition coefficient (Wildman–Crippen LogP) is 2.43. The lowest BCUT2D eigenvalue weighted by Crippen LogP contribution is -2.43. The van der Waals surface area contributed by atoms with Gasteiger partial charge in [0.2, 0.25) is 5.91 Å². The Morgan fingerprint density at radius 3 is 1.93 bits per heavy atom. The van der Waals surface area contributed by atoms with Gasteiger partial charge in [0.15, 0.2) is 0 Å². The molecule has 2 aromatic carbocycles. The highest BCUT2D eigenvalue weighted by Crippen LogP contribution is 2.23. The van der Waals surface area contributed by atoms with Gasteiger partial charge in [-0.2, -0.15) is 0 Å². The van der Waals surface area contributed by atoms with Crippen LogP contribution in [0, 0.1) is 0 Å². The number of nitrogens with one attached hydrogen (secondary N) is 2. The van der Waals surface area contributed by atoms with Crippen molar-refractivity contribution in [3.05, 3.63) is 70.8 Å². The highest BCUT2D eigenvalue weighted by molar-refractivity contribution is 6.21. The van der Waals surface area contributed by atoms with Crippen LogP contribution >= 0.6 is 0 Å². The first-order chi connectivity index (χ1) is 13.7. The third-order valence-electron chi connectivity index (χ3n) is 4.77. The fourth-order valence-electron chi connectivity index (χ4n) is 3.04. The number of hydrogen-bond acceptors (Lipinski definition) is 4. The second kappa shape index (κ2) is 7.87. The molecule has 0 spiro atoms. The van der Waals surface area contributed by atoms with E-state index in [4.69, 9.17) is 0 Å². The average Bonchev–Trinajstić information content (AvgIpc) is 2.94. The van der Waals surface area contributed by atoms with Crippen molar-refractivity contribution in [2.75, 3.05) is 6.54 Å². The van der Waals surface area contributed by atoms with Crippen LogP contribution in [0.3, 0.4) is 0 Å². The van der Waals surface area contributed by atoms with Gasteiger partial charge in [-0.3, -0.25) is 34.9 Å². The van der Waals surface area contributed by atoms with Crippen LogP contribution in [-0.2, 0) is 10.2 Å². The number of carbonyl (C=O) groups is 4. The molecule has 2 N–H and O–H groups in total. The molecule has 0 unspecified atom stereocenters. The molecule has 7 nitrogen and oxygen atoms in total. The Morgan fingerprint density at radius 1 is 0.862 bits per heavy atom. The zero-order chi connectivity index (χ0) is 21.2. The van der Waals surface area contributed by atoms with Gasteiger partial charge in [0.1, 0.15) is 0 Å². The van der Waals surface area contributed by atoms with Gasteiger partial charge in [0.25, 0.3) is 17.7 Å². The van der Waals surface area contributed by atoms with Crippen LogP contribution in [-0.4, -0.2) is 35.1 Å². The van der Waals surface area contributed by atoms with E-state index in [9.17, 15) is 19.2 Å². The van der Waals surface area contributed by atoms with Gasteiger partial charge < -0.3 is 0 Å². The Labute approximate surface area is 169 Å². The van der Waals surface area contributed by atoms with Gasteiger partial charge in [-0.25, -0.2) is 0 Å². The fourth-order valence-corrected chi connectivity index (χ4v) is 3.04. The first-order valence-corrected chi connectivity index (χ1v) is 9.33. The first kappa shape index (κ1) is 20.3. The number of imide groups is 1. The minimum atomic E-state index is -0.499. The van der Waals surface area contributed by atoms with E-state index in [0.29, 0.717) is 16.7 Å². The normalized spacial score (nSPS) is 13.3. The summed E-state index contributed by atoms with van der Waals surface area (Å²) in [5.74, 6) is -1.77. The molecule has 0 saturated heterocycles. The summed E-state index contributed by atoms with van der Waals surface area (Å²) in [6, 6.07) is 13.7. The van der Waals surface area contributed by atoms with Crippen LogP contribution in [0.15, 0.2) is 48.5 Å². The quantitative estimate of drug-likeness (QED) is 0.616. The molecule has 3 rings (SSSR count). The molecule has 2 aromatic rings. The molecule has 150 valence electrons. The standard InChI is InChI=1S/C22H23N3O4/c1-22(2,3)15-10-8-14(9-11-15)19(27)24-23-18(26)12-13-25-20(28)16-6-4-5-7-17(16)21(25)29/h4-11H,12-13H2,1-3H3,(H,23,26)(H,24,27). The van der Waals surface area contributed by atoms with E-state index in [1.807, 2.05) is 12.1 Å². The van der Waals surface area contributed by atoms with Crippen molar-refractivity contribution in [1.82, 2.24) is 15.8 Å². The van der Waals surface area contributed by atoms with Crippen molar-refractivity contribution < 1.29 is 19.2 Å². The van der Waals surface area contributed by atoms with Crippen LogP contribution in [0.2, 0.25) is 0 Å². The number of amides is 4. The van der Waals surface area contributed by atoms with Crippen LogP contribution in [0.4, 0.5) is 0 Å². The van der Waals surface area contributed by atoms with Crippen LogP contribution < -0.4 is 10.9 Å². The van der Waals surface area contributed by atoms with E-state index in [2.05, 4.69) is 31.6 Å². The SMILES string of the molecule is CC(C)(C)c1ccc(C(=O)NNC(=O)CCN2C(=O)c3ccccc3C2=O)cc1. The summed E-state index contributed by atoms with van der Waals surface area (Å²) < 4.78 is 0. The maximum atomic E-state index is 12.3. The Balaban J connectivity index is 1.50. The molecule has 1 heterocycles. The van der Waals surface area contributed by atoms with E-state index in [0.717, 1.165) is 10.5 Å². The molecule has 1 aliphatic heterocycles. The van der Waals surface area contributed by atoms with Crippen molar-refractivity contribution >= 4 is 23.6 Å². The van der Waals surface area contributed by atoms with Crippen LogP contribution in [0.25, 0.3) is 0 Å². The zero-order valence-electron chi connectivity index (χ0n) is 16.6. The minimum Gasteiger partial charge on any atom is -0.274 e. The number of rotatable bonds is 4. The molecule has 0 bridgehead atoms. The molecule has 1 aliphatic rings. The van der Waals surface area contributed by atoms with Crippen molar-refractivity contribution in [3.8, 4) is 0 Å². The maximum absolute atomic E-state index is 12.3. The molecule has 0 fully saturated rings. The van der Waals surface area contributed by atoms with Gasteiger partial charge in [0.05, 0.1) is 11.1 Å². The van der Waals surface area contributed by atoms with Crippen molar-refractivity contribution in [3.63, 3.8) is 0 Å². The van der Waals surface area contributed by atoms with Crippen LogP contribution in [0.5, 0.6) is 0 Å². The second-order valence-corrected chi connectivity index (χ2v) is 7.89. The molecule has 0 atom stereocenters. The summed E-state index contributed by atoms with van der Waals surface area (Å²) in [6.07, 6.45) is -0.116. The molecule has 0 radical (unpaired) electrons. The van der Waals surface area contributed by atoms with Crippen LogP contribution in [0.1, 0.15) is 63.8 Å². The average molecular weight is 393 g/mol. The summed E-state index contributed by atoms with van der Waals surface area (Å²) in [6.45, 7) is 6.18. The lowest BCUT2D eigenvalue weighted by atomic mass is 9.87. The fraction of sp³-hybridized carbons (Fsp3) is 0.273. The second-order valence-electron chi connectivity index (χ2n) is 7.89. The summed E-state index contributed by atoms with van der Waals surface area (Å²) in [4.78, 5) is 49.8. The molecule has 4 amide bonds. The number of hydrogen-bond donors (Lipinski definition) is 2. The van der Waals surface area contributed by atoms with Gasteiger partial charge >= 0.3 is 0 Å². The van der Waals surface area contributed by atoms with E-state index in [1.54, 1.807) is 36.4 Å². The monoisotopic (exact) mass is 393 g/mol. The van der Waals surface area contributed by atoms with Gasteiger partial charge in [-0.1, -0.05) is 45.0 Å². The minimum absolute atomic E-state index is 0.0205. The summed E-state index contributed by atoms with van der Waals surface area (Å²) in [7, 11) is 0. The van der Waals surface area contributed by atoms with Crippen molar-refractivity contribution in [2.24, 2.45) is 0 Å². The summed E-state index contributed by atoms with van der Waals surface area (Å²) in [5.41, 5.74) is 6.82. The van der Waals surface area contributed by atoms with E-state index >= 15 is 0 Å². The van der Waals surface area contributed by atoms with Gasteiger partial charge in [0, 0.05) is 18.5 Å². The lowest BCUT2D eigenvalue weighted by Gasteiger charge is -2.19. The predicted molar refractivity (Wildman–Crippen MR) is 107 cm³/mol. The first-order valence-electron chi connectivity index (χ1n) is 9.33.